The van der Waals surface area contributed by atoms with Crippen LogP contribution in [0.3, 0.4) is 0 Å². The van der Waals surface area contributed by atoms with Crippen LogP contribution in [0.1, 0.15) is 27.9 Å². The van der Waals surface area contributed by atoms with Crippen molar-refractivity contribution in [1.82, 2.24) is 4.90 Å². The van der Waals surface area contributed by atoms with Gasteiger partial charge in [0.15, 0.2) is 6.61 Å². The van der Waals surface area contributed by atoms with Gasteiger partial charge < -0.3 is 15.4 Å². The lowest BCUT2D eigenvalue weighted by atomic mass is 10.00. The Morgan fingerprint density at radius 2 is 1.83 bits per heavy atom. The SMILES string of the molecule is Nc1cc(C(F)(F)F)ccc1C(=O)OCC(=O)N1CC=C(c2ccccc2)CC1. The van der Waals surface area contributed by atoms with Gasteiger partial charge in [-0.15, -0.1) is 0 Å². The molecule has 0 aromatic heterocycles. The number of nitrogens with zero attached hydrogens (tertiary/aromatic N) is 1. The van der Waals surface area contributed by atoms with E-state index in [9.17, 15) is 22.8 Å². The van der Waals surface area contributed by atoms with E-state index in [2.05, 4.69) is 0 Å². The number of carbonyl (C=O) groups excluding carboxylic acids is 2. The summed E-state index contributed by atoms with van der Waals surface area (Å²) in [5.41, 5.74) is 6.25. The van der Waals surface area contributed by atoms with Gasteiger partial charge in [-0.3, -0.25) is 4.79 Å². The normalized spacial score (nSPS) is 14.3. The van der Waals surface area contributed by atoms with Gasteiger partial charge in [0.25, 0.3) is 5.91 Å². The first-order valence-corrected chi connectivity index (χ1v) is 8.92. The summed E-state index contributed by atoms with van der Waals surface area (Å²) in [4.78, 5) is 25.9. The number of esters is 1. The molecule has 0 spiro atoms. The van der Waals surface area contributed by atoms with Crippen molar-refractivity contribution in [2.75, 3.05) is 25.4 Å². The molecular weight excluding hydrogens is 385 g/mol. The van der Waals surface area contributed by atoms with Crippen LogP contribution < -0.4 is 5.73 Å². The lowest BCUT2D eigenvalue weighted by Crippen LogP contribution is -2.37. The number of rotatable bonds is 4. The first-order chi connectivity index (χ1) is 13.8. The van der Waals surface area contributed by atoms with E-state index < -0.39 is 24.3 Å². The average Bonchev–Trinajstić information content (AvgIpc) is 2.72. The number of alkyl halides is 3. The predicted octanol–water partition coefficient (Wildman–Crippen LogP) is 3.76. The van der Waals surface area contributed by atoms with Gasteiger partial charge in [-0.25, -0.2) is 4.79 Å². The fourth-order valence-corrected chi connectivity index (χ4v) is 3.03. The zero-order valence-corrected chi connectivity index (χ0v) is 15.4. The zero-order chi connectivity index (χ0) is 21.0. The summed E-state index contributed by atoms with van der Waals surface area (Å²) >= 11 is 0. The van der Waals surface area contributed by atoms with E-state index in [0.717, 1.165) is 23.3 Å². The third-order valence-corrected chi connectivity index (χ3v) is 4.63. The number of nitrogen functional groups attached to an aromatic ring is 1. The van der Waals surface area contributed by atoms with Crippen LogP contribution in [0.15, 0.2) is 54.6 Å². The molecule has 0 saturated carbocycles. The first-order valence-electron chi connectivity index (χ1n) is 8.92. The number of carbonyl (C=O) groups is 2. The summed E-state index contributed by atoms with van der Waals surface area (Å²) < 4.78 is 43.0. The third kappa shape index (κ3) is 4.96. The fourth-order valence-electron chi connectivity index (χ4n) is 3.03. The van der Waals surface area contributed by atoms with E-state index in [1.165, 1.54) is 0 Å². The number of hydrogen-bond acceptors (Lipinski definition) is 4. The molecule has 1 heterocycles. The summed E-state index contributed by atoms with van der Waals surface area (Å²) in [6.07, 6.45) is -1.94. The Balaban J connectivity index is 1.56. The van der Waals surface area contributed by atoms with Crippen LogP contribution in [-0.2, 0) is 15.7 Å². The molecule has 3 rings (SSSR count). The van der Waals surface area contributed by atoms with Gasteiger partial charge >= 0.3 is 12.1 Å². The van der Waals surface area contributed by atoms with Gasteiger partial charge in [0, 0.05) is 18.8 Å². The standard InChI is InChI=1S/C21H19F3N2O3/c22-21(23,24)16-6-7-17(18(25)12-16)20(28)29-13-19(27)26-10-8-15(9-11-26)14-4-2-1-3-5-14/h1-8,12H,9-11,13,25H2. The molecular formula is C21H19F3N2O3. The molecule has 0 saturated heterocycles. The van der Waals surface area contributed by atoms with Gasteiger partial charge in [0.05, 0.1) is 11.1 Å². The number of anilines is 1. The third-order valence-electron chi connectivity index (χ3n) is 4.63. The van der Waals surface area contributed by atoms with Crippen LogP contribution in [0.2, 0.25) is 0 Å². The molecule has 0 radical (unpaired) electrons. The Morgan fingerprint density at radius 1 is 1.10 bits per heavy atom. The van der Waals surface area contributed by atoms with E-state index in [1.807, 2.05) is 36.4 Å². The monoisotopic (exact) mass is 404 g/mol. The van der Waals surface area contributed by atoms with Gasteiger partial charge in [-0.1, -0.05) is 36.4 Å². The Labute approximate surface area is 165 Å². The highest BCUT2D eigenvalue weighted by atomic mass is 19.4. The van der Waals surface area contributed by atoms with E-state index in [-0.39, 0.29) is 17.2 Å². The van der Waals surface area contributed by atoms with E-state index in [4.69, 9.17) is 10.5 Å². The Bertz CT molecular complexity index is 940. The fraction of sp³-hybridized carbons (Fsp3) is 0.238. The summed E-state index contributed by atoms with van der Waals surface area (Å²) in [6.45, 7) is 0.371. The molecule has 2 N–H and O–H groups in total. The van der Waals surface area contributed by atoms with Gasteiger partial charge in [0.2, 0.25) is 0 Å². The minimum atomic E-state index is -4.56. The highest BCUT2D eigenvalue weighted by molar-refractivity contribution is 5.96. The lowest BCUT2D eigenvalue weighted by molar-refractivity contribution is -0.137. The maximum Gasteiger partial charge on any atom is 0.416 e. The van der Waals surface area contributed by atoms with E-state index >= 15 is 0 Å². The van der Waals surface area contributed by atoms with Crippen molar-refractivity contribution >= 4 is 23.1 Å². The molecule has 152 valence electrons. The molecule has 1 aliphatic heterocycles. The summed E-state index contributed by atoms with van der Waals surface area (Å²) in [5, 5.41) is 0. The molecule has 29 heavy (non-hydrogen) atoms. The number of ether oxygens (including phenoxy) is 1. The first kappa shape index (κ1) is 20.4. The van der Waals surface area contributed by atoms with Crippen molar-refractivity contribution in [2.24, 2.45) is 0 Å². The van der Waals surface area contributed by atoms with Crippen LogP contribution in [0, 0.1) is 0 Å². The largest absolute Gasteiger partial charge is 0.452 e. The van der Waals surface area contributed by atoms with Gasteiger partial charge in [-0.05, 0) is 35.8 Å². The van der Waals surface area contributed by atoms with E-state index in [1.54, 1.807) is 4.90 Å². The minimum Gasteiger partial charge on any atom is -0.452 e. The van der Waals surface area contributed by atoms with Crippen LogP contribution in [0.25, 0.3) is 5.57 Å². The minimum absolute atomic E-state index is 0.212. The topological polar surface area (TPSA) is 72.6 Å². The second kappa shape index (κ2) is 8.38. The van der Waals surface area contributed by atoms with Crippen molar-refractivity contribution in [1.29, 1.82) is 0 Å². The molecule has 0 bridgehead atoms. The quantitative estimate of drug-likeness (QED) is 0.622. The van der Waals surface area contributed by atoms with Crippen molar-refractivity contribution in [3.05, 3.63) is 71.3 Å². The van der Waals surface area contributed by atoms with Crippen molar-refractivity contribution < 1.29 is 27.5 Å². The van der Waals surface area contributed by atoms with Crippen LogP contribution in [0.4, 0.5) is 18.9 Å². The number of amides is 1. The second-order valence-electron chi connectivity index (χ2n) is 6.56. The molecule has 5 nitrogen and oxygen atoms in total. The predicted molar refractivity (Wildman–Crippen MR) is 102 cm³/mol. The molecule has 0 aliphatic carbocycles. The molecule has 8 heteroatoms. The van der Waals surface area contributed by atoms with Crippen molar-refractivity contribution in [2.45, 2.75) is 12.6 Å². The molecule has 2 aromatic rings. The van der Waals surface area contributed by atoms with Gasteiger partial charge in [0.1, 0.15) is 0 Å². The Hall–Kier alpha value is -3.29. The molecule has 1 amide bonds. The molecule has 2 aromatic carbocycles. The number of halogens is 3. The van der Waals surface area contributed by atoms with Crippen molar-refractivity contribution in [3.63, 3.8) is 0 Å². The Morgan fingerprint density at radius 3 is 2.41 bits per heavy atom. The summed E-state index contributed by atoms with van der Waals surface area (Å²) in [6, 6.07) is 12.2. The molecule has 0 unspecified atom stereocenters. The average molecular weight is 404 g/mol. The highest BCUT2D eigenvalue weighted by Gasteiger charge is 2.31. The van der Waals surface area contributed by atoms with Crippen LogP contribution in [-0.4, -0.2) is 36.5 Å². The number of benzene rings is 2. The highest BCUT2D eigenvalue weighted by Crippen LogP contribution is 2.31. The van der Waals surface area contributed by atoms with Crippen LogP contribution >= 0.6 is 0 Å². The zero-order valence-electron chi connectivity index (χ0n) is 15.4. The molecule has 0 fully saturated rings. The second-order valence-corrected chi connectivity index (χ2v) is 6.56. The summed E-state index contributed by atoms with van der Waals surface area (Å²) in [5.74, 6) is -1.32. The number of nitrogens with two attached hydrogens (primary N) is 1. The smallest absolute Gasteiger partial charge is 0.416 e. The maximum absolute atomic E-state index is 12.7. The van der Waals surface area contributed by atoms with E-state index in [0.29, 0.717) is 25.6 Å². The van der Waals surface area contributed by atoms with Crippen molar-refractivity contribution in [3.8, 4) is 0 Å². The Kier molecular flexibility index (Phi) is 5.91. The maximum atomic E-state index is 12.7. The summed E-state index contributed by atoms with van der Waals surface area (Å²) in [7, 11) is 0. The molecule has 0 atom stereocenters. The lowest BCUT2D eigenvalue weighted by Gasteiger charge is -2.26. The van der Waals surface area contributed by atoms with Crippen LogP contribution in [0.5, 0.6) is 0 Å². The number of hydrogen-bond donors (Lipinski definition) is 1. The van der Waals surface area contributed by atoms with Gasteiger partial charge in [-0.2, -0.15) is 13.2 Å². The molecule has 1 aliphatic rings.